The van der Waals surface area contributed by atoms with Crippen molar-refractivity contribution < 1.29 is 26.0 Å². The van der Waals surface area contributed by atoms with E-state index in [0.29, 0.717) is 21.6 Å². The topological polar surface area (TPSA) is 3.24 Å². The Morgan fingerprint density at radius 1 is 0.281 bits per heavy atom. The van der Waals surface area contributed by atoms with E-state index in [4.69, 9.17) is 9.60 Å². The van der Waals surface area contributed by atoms with Crippen LogP contribution < -0.4 is 4.90 Å². The van der Waals surface area contributed by atoms with Crippen LogP contribution in [0, 0.1) is 0 Å². The van der Waals surface area contributed by atoms with Crippen LogP contribution in [0.5, 0.6) is 0 Å². The molecule has 0 aliphatic heterocycles. The summed E-state index contributed by atoms with van der Waals surface area (Å²) in [6.07, 6.45) is 0. The molecule has 10 rings (SSSR count). The monoisotopic (exact) mass is 744 g/mol. The zero-order valence-electron chi connectivity index (χ0n) is 49.0. The lowest BCUT2D eigenvalue weighted by molar-refractivity contribution is 1.28. The molecule has 0 aliphatic carbocycles. The fourth-order valence-corrected chi connectivity index (χ4v) is 6.85. The molecule has 268 valence electrons. The van der Waals surface area contributed by atoms with Crippen molar-refractivity contribution in [3.8, 4) is 55.6 Å². The van der Waals surface area contributed by atoms with Crippen molar-refractivity contribution in [3.63, 3.8) is 0 Å². The zero-order valence-corrected chi connectivity index (χ0v) is 30.0. The van der Waals surface area contributed by atoms with E-state index in [9.17, 15) is 16.4 Å². The van der Waals surface area contributed by atoms with Gasteiger partial charge in [0, 0.05) is 17.1 Å². The molecular weight excluding hydrogens is 687 g/mol. The van der Waals surface area contributed by atoms with Gasteiger partial charge in [-0.15, -0.1) is 0 Å². The van der Waals surface area contributed by atoms with E-state index in [1.54, 1.807) is 36.4 Å². The largest absolute Gasteiger partial charge is 0.311 e. The predicted octanol–water partition coefficient (Wildman–Crippen LogP) is 15.8. The van der Waals surface area contributed by atoms with E-state index in [-0.39, 0.29) is 16.7 Å². The highest BCUT2D eigenvalue weighted by Gasteiger charge is 2.16. The highest BCUT2D eigenvalue weighted by atomic mass is 15.1. The molecule has 0 unspecified atom stereocenters. The maximum atomic E-state index is 9.77. The third-order valence-corrected chi connectivity index (χ3v) is 9.61. The minimum Gasteiger partial charge on any atom is -0.311 e. The molecule has 0 saturated carbocycles. The van der Waals surface area contributed by atoms with Gasteiger partial charge in [0.1, 0.15) is 0 Å². The second kappa shape index (κ2) is 15.0. The van der Waals surface area contributed by atoms with Crippen LogP contribution in [0.1, 0.15) is 26.0 Å². The summed E-state index contributed by atoms with van der Waals surface area (Å²) in [7, 11) is 0. The third-order valence-electron chi connectivity index (χ3n) is 9.61. The molecule has 1 heteroatoms. The molecule has 0 saturated heterocycles. The van der Waals surface area contributed by atoms with Crippen molar-refractivity contribution in [1.82, 2.24) is 0 Å². The molecular formula is C56H39N. The highest BCUT2D eigenvalue weighted by molar-refractivity contribution is 6.04. The molecule has 0 N–H and O–H groups in total. The predicted molar refractivity (Wildman–Crippen MR) is 243 cm³/mol. The molecule has 0 heterocycles. The van der Waals surface area contributed by atoms with Gasteiger partial charge in [0.2, 0.25) is 0 Å². The van der Waals surface area contributed by atoms with Gasteiger partial charge in [-0.25, -0.2) is 0 Å². The smallest absolute Gasteiger partial charge is 0.0645 e. The van der Waals surface area contributed by atoms with Crippen LogP contribution in [0.4, 0.5) is 17.1 Å². The van der Waals surface area contributed by atoms with Gasteiger partial charge in [-0.2, -0.15) is 0 Å². The fraction of sp³-hybridized carbons (Fsp3) is 0. The molecule has 0 aliphatic rings. The summed E-state index contributed by atoms with van der Waals surface area (Å²) < 4.78 is 176. The van der Waals surface area contributed by atoms with E-state index in [1.165, 1.54) is 0 Å². The van der Waals surface area contributed by atoms with Crippen LogP contribution in [0.25, 0.3) is 77.2 Å². The molecule has 0 atom stereocenters. The fourth-order valence-electron chi connectivity index (χ4n) is 6.85. The standard InChI is InChI=1S/C56H39N/c1-3-12-40(13-4-1)41-22-24-42(25-23-41)43-26-33-49(34-27-43)57(50-35-28-46(29-36-50)53-21-11-18-44-14-7-9-19-52(44)53)51-37-30-47(31-38-51)55-39-32-45-15-8-10-20-54(45)56(55)48-16-5-2-6-17-48/h1-39H/i7D,9D,11D,14D,18D,19D,21D,26D,27D,28D,29D,30D,31D,33D,34D,35D,36D,37D,38D. The molecule has 10 aromatic rings. The maximum absolute atomic E-state index is 9.77. The van der Waals surface area contributed by atoms with E-state index in [2.05, 4.69) is 0 Å². The molecule has 0 spiro atoms. The van der Waals surface area contributed by atoms with Crippen LogP contribution in [0.2, 0.25) is 0 Å². The van der Waals surface area contributed by atoms with Crippen molar-refractivity contribution in [2.45, 2.75) is 0 Å². The average molecular weight is 745 g/mol. The number of nitrogens with zero attached hydrogens (tertiary/aromatic N) is 1. The Labute approximate surface area is 361 Å². The number of benzene rings is 10. The van der Waals surface area contributed by atoms with Gasteiger partial charge in [0.25, 0.3) is 0 Å². The molecule has 0 fully saturated rings. The van der Waals surface area contributed by atoms with E-state index < -0.39 is 154 Å². The Kier molecular flexibility index (Phi) is 5.10. The number of hydrogen-bond donors (Lipinski definition) is 0. The molecule has 57 heavy (non-hydrogen) atoms. The molecule has 0 bridgehead atoms. The van der Waals surface area contributed by atoms with Crippen LogP contribution in [0.3, 0.4) is 0 Å². The van der Waals surface area contributed by atoms with Gasteiger partial charge in [0.15, 0.2) is 0 Å². The lowest BCUT2D eigenvalue weighted by Gasteiger charge is -2.26. The van der Waals surface area contributed by atoms with E-state index in [0.717, 1.165) is 21.9 Å². The van der Waals surface area contributed by atoms with Gasteiger partial charge >= 0.3 is 0 Å². The van der Waals surface area contributed by atoms with Gasteiger partial charge in [-0.05, 0) is 113 Å². The Morgan fingerprint density at radius 3 is 1.42 bits per heavy atom. The number of anilines is 3. The van der Waals surface area contributed by atoms with Crippen LogP contribution in [-0.4, -0.2) is 0 Å². The molecule has 1 nitrogen and oxygen atoms in total. The van der Waals surface area contributed by atoms with Gasteiger partial charge < -0.3 is 4.90 Å². The summed E-state index contributed by atoms with van der Waals surface area (Å²) in [5.74, 6) is 0. The molecule has 0 aromatic heterocycles. The van der Waals surface area contributed by atoms with Gasteiger partial charge in [0.05, 0.1) is 26.0 Å². The first kappa shape index (κ1) is 19.4. The first-order chi connectivity index (χ1) is 36.2. The molecule has 10 aromatic carbocycles. The first-order valence-electron chi connectivity index (χ1n) is 27.6. The molecule has 0 amide bonds. The van der Waals surface area contributed by atoms with E-state index in [1.807, 2.05) is 84.9 Å². The van der Waals surface area contributed by atoms with Crippen LogP contribution in [0.15, 0.2) is 236 Å². The summed E-state index contributed by atoms with van der Waals surface area (Å²) >= 11 is 0. The van der Waals surface area contributed by atoms with E-state index >= 15 is 0 Å². The van der Waals surface area contributed by atoms with Crippen LogP contribution >= 0.6 is 0 Å². The second-order valence-electron chi connectivity index (χ2n) is 13.0. The van der Waals surface area contributed by atoms with Gasteiger partial charge in [-0.3, -0.25) is 0 Å². The Hall–Kier alpha value is -7.48. The lowest BCUT2D eigenvalue weighted by Crippen LogP contribution is -2.09. The van der Waals surface area contributed by atoms with Crippen molar-refractivity contribution in [2.75, 3.05) is 4.90 Å². The number of fused-ring (bicyclic) bond motifs is 2. The Balaban J connectivity index is 1.29. The van der Waals surface area contributed by atoms with Crippen LogP contribution in [-0.2, 0) is 0 Å². The summed E-state index contributed by atoms with van der Waals surface area (Å²) in [5, 5.41) is 0.487. The summed E-state index contributed by atoms with van der Waals surface area (Å²) in [5.41, 5.74) is -0.636. The quantitative estimate of drug-likeness (QED) is 0.150. The summed E-state index contributed by atoms with van der Waals surface area (Å²) in [6, 6.07) is 20.5. The first-order valence-corrected chi connectivity index (χ1v) is 18.1. The van der Waals surface area contributed by atoms with Crippen molar-refractivity contribution >= 4 is 38.6 Å². The highest BCUT2D eigenvalue weighted by Crippen LogP contribution is 2.41. The lowest BCUT2D eigenvalue weighted by atomic mass is 9.90. The molecule has 0 radical (unpaired) electrons. The van der Waals surface area contributed by atoms with Crippen molar-refractivity contribution in [2.24, 2.45) is 0 Å². The van der Waals surface area contributed by atoms with Crippen molar-refractivity contribution in [1.29, 1.82) is 0 Å². The normalized spacial score (nSPS) is 15.8. The minimum absolute atomic E-state index is 0.170. The van der Waals surface area contributed by atoms with Crippen molar-refractivity contribution in [3.05, 3.63) is 236 Å². The average Bonchev–Trinajstić information content (AvgIpc) is 3.45. The minimum atomic E-state index is -1.04. The Bertz CT molecular complexity index is 3990. The zero-order chi connectivity index (χ0) is 54.5. The SMILES string of the molecule is [2H]c1c([2H])c(N(c2c([2H])c([2H])c(-c3ccc4ccccc4c3-c3ccccc3)c([2H])c2[2H])c2c([2H])c([2H])c(-c3c([2H])c([2H])c([2H])c4c([2H])c([2H])c([2H])c([2H])c34)c([2H])c2[2H])c([2H])c([2H])c1-c1ccc(-c2ccccc2)cc1. The van der Waals surface area contributed by atoms with Gasteiger partial charge in [-0.1, -0.05) is 200 Å². The number of hydrogen-bond acceptors (Lipinski definition) is 1. The second-order valence-corrected chi connectivity index (χ2v) is 13.0. The summed E-state index contributed by atoms with van der Waals surface area (Å²) in [4.78, 5) is 0.658. The summed E-state index contributed by atoms with van der Waals surface area (Å²) in [6.45, 7) is 0. The maximum Gasteiger partial charge on any atom is 0.0645 e. The Morgan fingerprint density at radius 2 is 0.772 bits per heavy atom. The number of rotatable bonds is 8. The third kappa shape index (κ3) is 6.66.